The van der Waals surface area contributed by atoms with Crippen LogP contribution in [0.25, 0.3) is 0 Å². The van der Waals surface area contributed by atoms with E-state index in [0.717, 1.165) is 20.7 Å². The molecule has 36 heavy (non-hydrogen) atoms. The lowest BCUT2D eigenvalue weighted by molar-refractivity contribution is 0.0651. The van der Waals surface area contributed by atoms with Crippen molar-refractivity contribution in [2.24, 2.45) is 0 Å². The fourth-order valence-electron chi connectivity index (χ4n) is 4.48. The van der Waals surface area contributed by atoms with Crippen LogP contribution in [0.5, 0.6) is 0 Å². The van der Waals surface area contributed by atoms with Crippen molar-refractivity contribution in [1.29, 1.82) is 0 Å². The molecule has 0 aromatic heterocycles. The zero-order valence-electron chi connectivity index (χ0n) is 20.2. The van der Waals surface area contributed by atoms with Gasteiger partial charge in [-0.2, -0.15) is 0 Å². The Morgan fingerprint density at radius 1 is 0.500 bits per heavy atom. The van der Waals surface area contributed by atoms with E-state index in [1.165, 1.54) is 24.3 Å². The number of carbonyl (C=O) groups is 4. The summed E-state index contributed by atoms with van der Waals surface area (Å²) in [5.74, 6) is -5.26. The van der Waals surface area contributed by atoms with Gasteiger partial charge in [0, 0.05) is 0 Å². The molecule has 0 fully saturated rings. The van der Waals surface area contributed by atoms with Crippen molar-refractivity contribution >= 4 is 60.8 Å². The van der Waals surface area contributed by atoms with E-state index >= 15 is 0 Å². The highest BCUT2D eigenvalue weighted by Crippen LogP contribution is 2.15. The smallest absolute Gasteiger partial charge is 0.336 e. The molecule has 0 radical (unpaired) electrons. The van der Waals surface area contributed by atoms with Gasteiger partial charge < -0.3 is 20.4 Å². The molecular weight excluding hydrogens is 496 g/mol. The first kappa shape index (κ1) is 26.6. The van der Waals surface area contributed by atoms with Gasteiger partial charge >= 0.3 is 23.9 Å². The Morgan fingerprint density at radius 2 is 0.806 bits per heavy atom. The molecule has 0 bridgehead atoms. The van der Waals surface area contributed by atoms with Gasteiger partial charge in [-0.25, -0.2) is 19.2 Å². The van der Waals surface area contributed by atoms with Gasteiger partial charge in [0.15, 0.2) is 0 Å². The van der Waals surface area contributed by atoms with Crippen LogP contribution in [-0.4, -0.2) is 60.5 Å². The van der Waals surface area contributed by atoms with Gasteiger partial charge in [0.2, 0.25) is 0 Å². The van der Waals surface area contributed by atoms with Gasteiger partial charge in [-0.05, 0) is 24.3 Å². The second-order valence-corrected chi connectivity index (χ2v) is 18.3. The van der Waals surface area contributed by atoms with Crippen LogP contribution in [0, 0.1) is 0 Å². The first-order valence-electron chi connectivity index (χ1n) is 11.0. The molecule has 0 heterocycles. The normalized spacial score (nSPS) is 11.7. The predicted molar refractivity (Wildman–Crippen MR) is 141 cm³/mol. The van der Waals surface area contributed by atoms with E-state index in [2.05, 4.69) is 0 Å². The number of aromatic carboxylic acids is 4. The first-order chi connectivity index (χ1) is 16.7. The molecule has 0 unspecified atom stereocenters. The summed E-state index contributed by atoms with van der Waals surface area (Å²) in [5, 5.41) is 41.5. The quantitative estimate of drug-likeness (QED) is 0.329. The van der Waals surface area contributed by atoms with Crippen LogP contribution in [0.2, 0.25) is 26.2 Å². The van der Waals surface area contributed by atoms with E-state index in [9.17, 15) is 39.6 Å². The Morgan fingerprint density at radius 3 is 1.08 bits per heavy atom. The van der Waals surface area contributed by atoms with Crippen LogP contribution >= 0.6 is 0 Å². The highest BCUT2D eigenvalue weighted by atomic mass is 28.3. The van der Waals surface area contributed by atoms with Gasteiger partial charge in [-0.3, -0.25) is 0 Å². The summed E-state index contributed by atoms with van der Waals surface area (Å²) in [6.45, 7) is 8.20. The zero-order chi connectivity index (χ0) is 27.0. The lowest BCUT2D eigenvalue weighted by Gasteiger charge is -2.33. The van der Waals surface area contributed by atoms with Gasteiger partial charge in [0.05, 0.1) is 22.3 Å². The molecule has 3 aromatic rings. The minimum absolute atomic E-state index is 0.273. The molecule has 0 aliphatic heterocycles. The predicted octanol–water partition coefficient (Wildman–Crippen LogP) is 2.12. The van der Waals surface area contributed by atoms with Crippen LogP contribution < -0.4 is 20.7 Å². The third kappa shape index (κ3) is 4.73. The molecule has 0 spiro atoms. The van der Waals surface area contributed by atoms with Crippen molar-refractivity contribution in [2.45, 2.75) is 26.2 Å². The summed E-state index contributed by atoms with van der Waals surface area (Å²) in [6.07, 6.45) is 0. The van der Waals surface area contributed by atoms with Gasteiger partial charge in [0.25, 0.3) is 0 Å². The van der Waals surface area contributed by atoms with Crippen molar-refractivity contribution in [2.75, 3.05) is 0 Å². The van der Waals surface area contributed by atoms with E-state index in [-0.39, 0.29) is 22.3 Å². The van der Waals surface area contributed by atoms with Crippen molar-refractivity contribution in [3.63, 3.8) is 0 Å². The maximum Gasteiger partial charge on any atom is 0.336 e. The molecule has 0 atom stereocenters. The molecule has 3 rings (SSSR count). The summed E-state index contributed by atoms with van der Waals surface area (Å²) >= 11 is 0. The minimum Gasteiger partial charge on any atom is -0.478 e. The second kappa shape index (κ2) is 9.55. The molecule has 3 aromatic carbocycles. The maximum atomic E-state index is 11.8. The van der Waals surface area contributed by atoms with Crippen molar-refractivity contribution in [3.05, 3.63) is 82.9 Å². The van der Waals surface area contributed by atoms with Crippen molar-refractivity contribution < 1.29 is 39.6 Å². The number of benzene rings is 3. The summed E-state index contributed by atoms with van der Waals surface area (Å²) < 4.78 is 0. The Balaban J connectivity index is 2.21. The molecule has 0 aliphatic rings. The molecule has 0 amide bonds. The Labute approximate surface area is 209 Å². The molecule has 8 nitrogen and oxygen atoms in total. The first-order valence-corrected chi connectivity index (χ1v) is 17.0. The van der Waals surface area contributed by atoms with E-state index < -0.39 is 40.0 Å². The Hall–Kier alpha value is -4.03. The number of hydrogen-bond donors (Lipinski definition) is 4. The lowest BCUT2D eigenvalue weighted by Crippen LogP contribution is -2.67. The summed E-state index contributed by atoms with van der Waals surface area (Å²) in [7, 11) is -5.15. The zero-order valence-corrected chi connectivity index (χ0v) is 22.2. The Bertz CT molecular complexity index is 1300. The van der Waals surface area contributed by atoms with Gasteiger partial charge in [-0.1, -0.05) is 83.3 Å². The third-order valence-electron chi connectivity index (χ3n) is 6.68. The largest absolute Gasteiger partial charge is 0.478 e. The van der Waals surface area contributed by atoms with E-state index in [0.29, 0.717) is 0 Å². The highest BCUT2D eigenvalue weighted by molar-refractivity contribution is 7.09. The molecule has 0 saturated carbocycles. The van der Waals surface area contributed by atoms with Crippen LogP contribution in [0.1, 0.15) is 41.4 Å². The average molecular weight is 523 g/mol. The summed E-state index contributed by atoms with van der Waals surface area (Å²) in [4.78, 5) is 46.6. The monoisotopic (exact) mass is 522 g/mol. The van der Waals surface area contributed by atoms with Crippen molar-refractivity contribution in [3.8, 4) is 0 Å². The third-order valence-corrected chi connectivity index (χ3v) is 14.0. The maximum absolute atomic E-state index is 11.8. The van der Waals surface area contributed by atoms with Gasteiger partial charge in [-0.15, -0.1) is 0 Å². The fraction of sp³-hybridized carbons (Fsp3) is 0.154. The van der Waals surface area contributed by atoms with E-state index in [1.54, 1.807) is 12.1 Å². The Kier molecular flexibility index (Phi) is 7.05. The molecule has 186 valence electrons. The van der Waals surface area contributed by atoms with Gasteiger partial charge in [0.1, 0.15) is 16.1 Å². The van der Waals surface area contributed by atoms with Crippen LogP contribution in [0.15, 0.2) is 60.7 Å². The molecule has 0 saturated heterocycles. The summed E-state index contributed by atoms with van der Waals surface area (Å²) in [5.41, 5.74) is -1.10. The second-order valence-electron chi connectivity index (χ2n) is 9.54. The summed E-state index contributed by atoms with van der Waals surface area (Å²) in [6, 6.07) is 16.6. The van der Waals surface area contributed by atoms with Crippen LogP contribution in [0.4, 0.5) is 0 Å². The van der Waals surface area contributed by atoms with E-state index in [4.69, 9.17) is 0 Å². The fourth-order valence-corrected chi connectivity index (χ4v) is 11.5. The SMILES string of the molecule is C[Si](C)(c1ccc(C(=O)O)c(C(=O)O)c1)c1ccccc1[Si](C)(C)c1ccc(C(=O)O)c(C(=O)O)c1. The number of carboxylic acids is 4. The van der Waals surface area contributed by atoms with E-state index in [1.807, 2.05) is 50.5 Å². The van der Waals surface area contributed by atoms with Crippen LogP contribution in [-0.2, 0) is 0 Å². The average Bonchev–Trinajstić information content (AvgIpc) is 2.82. The van der Waals surface area contributed by atoms with Crippen molar-refractivity contribution in [1.82, 2.24) is 0 Å². The standard InChI is InChI=1S/C26H26O8Si2/c1-35(2,15-9-11-17(23(27)28)19(13-15)25(31)32)21-7-5-6-8-22(21)36(3,4)16-10-12-18(24(29)30)20(14-16)26(33)34/h5-14H,1-4H3,(H,27,28)(H,29,30)(H,31,32)(H,33,34). The molecular formula is C26H26O8Si2. The minimum atomic E-state index is -2.57. The topological polar surface area (TPSA) is 149 Å². The molecule has 4 N–H and O–H groups in total. The van der Waals surface area contributed by atoms with Crippen LogP contribution in [0.3, 0.4) is 0 Å². The number of carboxylic acid groups (broad SMARTS) is 4. The molecule has 10 heteroatoms. The molecule has 0 aliphatic carbocycles. The lowest BCUT2D eigenvalue weighted by atomic mass is 10.1. The highest BCUT2D eigenvalue weighted by Gasteiger charge is 2.37. The number of hydrogen-bond acceptors (Lipinski definition) is 4. The number of rotatable bonds is 8.